The molecule has 0 bridgehead atoms. The molecule has 136 valence electrons. The predicted molar refractivity (Wildman–Crippen MR) is 117 cm³/mol. The SMILES string of the molecule is c1ccc(C[C@H]2c3ccccc3[C@H](c3ccccc3)[C@@H]2c2ccccc2)cc1. The third-order valence-corrected chi connectivity index (χ3v) is 6.16. The highest BCUT2D eigenvalue weighted by Gasteiger charge is 2.41. The molecule has 0 heteroatoms. The molecule has 0 N–H and O–H groups in total. The van der Waals surface area contributed by atoms with Crippen molar-refractivity contribution < 1.29 is 0 Å². The van der Waals surface area contributed by atoms with Crippen molar-refractivity contribution in [3.05, 3.63) is 143 Å². The van der Waals surface area contributed by atoms with Crippen molar-refractivity contribution in [1.82, 2.24) is 0 Å². The highest BCUT2D eigenvalue weighted by atomic mass is 14.4. The van der Waals surface area contributed by atoms with Gasteiger partial charge in [0.15, 0.2) is 0 Å². The Morgan fingerprint density at radius 2 is 0.964 bits per heavy atom. The molecule has 0 aromatic heterocycles. The summed E-state index contributed by atoms with van der Waals surface area (Å²) in [5, 5.41) is 0. The van der Waals surface area contributed by atoms with E-state index in [1.165, 1.54) is 27.8 Å². The van der Waals surface area contributed by atoms with Crippen molar-refractivity contribution in [3.63, 3.8) is 0 Å². The van der Waals surface area contributed by atoms with E-state index < -0.39 is 0 Å². The van der Waals surface area contributed by atoms with E-state index in [1.807, 2.05) is 0 Å². The minimum absolute atomic E-state index is 0.397. The second kappa shape index (κ2) is 7.48. The molecule has 1 aliphatic rings. The first-order valence-corrected chi connectivity index (χ1v) is 10.1. The van der Waals surface area contributed by atoms with Crippen molar-refractivity contribution in [3.8, 4) is 0 Å². The predicted octanol–water partition coefficient (Wildman–Crippen LogP) is 6.94. The number of rotatable bonds is 4. The van der Waals surface area contributed by atoms with Gasteiger partial charge in [0.25, 0.3) is 0 Å². The van der Waals surface area contributed by atoms with Gasteiger partial charge in [0, 0.05) is 11.8 Å². The Kier molecular flexibility index (Phi) is 4.54. The smallest absolute Gasteiger partial charge is 0.0167 e. The van der Waals surface area contributed by atoms with E-state index in [0.717, 1.165) is 6.42 Å². The second-order valence-corrected chi connectivity index (χ2v) is 7.75. The molecule has 0 saturated heterocycles. The molecule has 28 heavy (non-hydrogen) atoms. The molecule has 0 radical (unpaired) electrons. The van der Waals surface area contributed by atoms with Crippen LogP contribution in [0.2, 0.25) is 0 Å². The van der Waals surface area contributed by atoms with Crippen LogP contribution in [0.1, 0.15) is 45.6 Å². The van der Waals surface area contributed by atoms with Crippen LogP contribution in [0.4, 0.5) is 0 Å². The van der Waals surface area contributed by atoms with Crippen LogP contribution in [-0.2, 0) is 6.42 Å². The van der Waals surface area contributed by atoms with Gasteiger partial charge >= 0.3 is 0 Å². The lowest BCUT2D eigenvalue weighted by Gasteiger charge is -2.27. The molecule has 0 aliphatic heterocycles. The quantitative estimate of drug-likeness (QED) is 0.370. The van der Waals surface area contributed by atoms with Gasteiger partial charge < -0.3 is 0 Å². The van der Waals surface area contributed by atoms with Gasteiger partial charge in [-0.2, -0.15) is 0 Å². The Hall–Kier alpha value is -3.12. The monoisotopic (exact) mass is 360 g/mol. The van der Waals surface area contributed by atoms with Crippen LogP contribution in [0.25, 0.3) is 0 Å². The molecule has 0 heterocycles. The van der Waals surface area contributed by atoms with Gasteiger partial charge in [0.1, 0.15) is 0 Å². The zero-order valence-corrected chi connectivity index (χ0v) is 15.9. The zero-order chi connectivity index (χ0) is 18.8. The van der Waals surface area contributed by atoms with Gasteiger partial charge in [-0.25, -0.2) is 0 Å². The van der Waals surface area contributed by atoms with E-state index in [-0.39, 0.29) is 0 Å². The number of hydrogen-bond acceptors (Lipinski definition) is 0. The summed E-state index contributed by atoms with van der Waals surface area (Å²) in [5.74, 6) is 1.32. The molecule has 0 saturated carbocycles. The van der Waals surface area contributed by atoms with E-state index in [9.17, 15) is 0 Å². The Balaban J connectivity index is 1.68. The molecule has 0 unspecified atom stereocenters. The third kappa shape index (κ3) is 3.05. The van der Waals surface area contributed by atoms with Gasteiger partial charge in [-0.3, -0.25) is 0 Å². The fraction of sp³-hybridized carbons (Fsp3) is 0.143. The molecule has 4 aromatic rings. The summed E-state index contributed by atoms with van der Waals surface area (Å²) in [5.41, 5.74) is 7.27. The minimum Gasteiger partial charge on any atom is -0.0622 e. The molecular formula is C28H24. The maximum atomic E-state index is 2.35. The summed E-state index contributed by atoms with van der Waals surface area (Å²) in [6.45, 7) is 0. The lowest BCUT2D eigenvalue weighted by molar-refractivity contribution is 0.537. The molecule has 0 nitrogen and oxygen atoms in total. The average Bonchev–Trinajstić information content (AvgIpc) is 3.10. The summed E-state index contributed by atoms with van der Waals surface area (Å²) in [6, 6.07) is 42.2. The van der Waals surface area contributed by atoms with E-state index >= 15 is 0 Å². The third-order valence-electron chi connectivity index (χ3n) is 6.16. The molecule has 0 spiro atoms. The Morgan fingerprint density at radius 3 is 1.61 bits per heavy atom. The Bertz CT molecular complexity index is 1030. The largest absolute Gasteiger partial charge is 0.0622 e. The highest BCUT2D eigenvalue weighted by molar-refractivity contribution is 5.51. The first kappa shape index (κ1) is 17.0. The molecule has 3 atom stereocenters. The van der Waals surface area contributed by atoms with E-state index in [2.05, 4.69) is 115 Å². The van der Waals surface area contributed by atoms with Crippen LogP contribution in [0.5, 0.6) is 0 Å². The molecule has 5 rings (SSSR count). The van der Waals surface area contributed by atoms with Crippen LogP contribution >= 0.6 is 0 Å². The number of benzene rings is 4. The first-order valence-electron chi connectivity index (χ1n) is 10.1. The summed E-state index contributed by atoms with van der Waals surface area (Å²) >= 11 is 0. The van der Waals surface area contributed by atoms with Crippen LogP contribution < -0.4 is 0 Å². The van der Waals surface area contributed by atoms with Crippen molar-refractivity contribution >= 4 is 0 Å². The Morgan fingerprint density at radius 1 is 0.464 bits per heavy atom. The lowest BCUT2D eigenvalue weighted by Crippen LogP contribution is -2.14. The van der Waals surface area contributed by atoms with Crippen molar-refractivity contribution in [2.75, 3.05) is 0 Å². The van der Waals surface area contributed by atoms with Gasteiger partial charge in [-0.05, 0) is 40.2 Å². The van der Waals surface area contributed by atoms with Gasteiger partial charge in [0.2, 0.25) is 0 Å². The summed E-state index contributed by atoms with van der Waals surface area (Å²) in [7, 11) is 0. The fourth-order valence-electron chi connectivity index (χ4n) is 5.00. The molecule has 0 amide bonds. The van der Waals surface area contributed by atoms with Crippen LogP contribution in [0.15, 0.2) is 115 Å². The maximum Gasteiger partial charge on any atom is 0.0167 e. The second-order valence-electron chi connectivity index (χ2n) is 7.75. The maximum absolute atomic E-state index is 2.35. The van der Waals surface area contributed by atoms with E-state index in [1.54, 1.807) is 0 Å². The average molecular weight is 361 g/mol. The van der Waals surface area contributed by atoms with E-state index in [0.29, 0.717) is 17.8 Å². The van der Waals surface area contributed by atoms with Crippen molar-refractivity contribution in [2.24, 2.45) is 0 Å². The van der Waals surface area contributed by atoms with Crippen molar-refractivity contribution in [2.45, 2.75) is 24.2 Å². The highest BCUT2D eigenvalue weighted by Crippen LogP contribution is 2.55. The Labute approximate surface area is 167 Å². The molecule has 0 fully saturated rings. The standard InChI is InChI=1S/C28H24/c1-4-12-21(13-5-1)20-26-24-18-10-11-19-25(24)27(22-14-6-2-7-15-22)28(26)23-16-8-3-9-17-23/h1-19,26-28H,20H2/t26-,27-,28+/m0/s1. The van der Waals surface area contributed by atoms with Gasteiger partial charge in [-0.15, -0.1) is 0 Å². The van der Waals surface area contributed by atoms with E-state index in [4.69, 9.17) is 0 Å². The van der Waals surface area contributed by atoms with Crippen molar-refractivity contribution in [1.29, 1.82) is 0 Å². The molecular weight excluding hydrogens is 336 g/mol. The molecule has 1 aliphatic carbocycles. The number of hydrogen-bond donors (Lipinski definition) is 0. The topological polar surface area (TPSA) is 0 Å². The first-order chi connectivity index (χ1) is 13.9. The van der Waals surface area contributed by atoms with Crippen LogP contribution in [0.3, 0.4) is 0 Å². The van der Waals surface area contributed by atoms with Crippen LogP contribution in [-0.4, -0.2) is 0 Å². The summed E-state index contributed by atoms with van der Waals surface area (Å²) < 4.78 is 0. The lowest BCUT2D eigenvalue weighted by atomic mass is 9.76. The number of fused-ring (bicyclic) bond motifs is 1. The minimum atomic E-state index is 0.397. The zero-order valence-electron chi connectivity index (χ0n) is 15.9. The fourth-order valence-corrected chi connectivity index (χ4v) is 5.00. The normalized spacial score (nSPS) is 20.6. The summed E-state index contributed by atoms with van der Waals surface area (Å²) in [6.07, 6.45) is 1.07. The summed E-state index contributed by atoms with van der Waals surface area (Å²) in [4.78, 5) is 0. The van der Waals surface area contributed by atoms with Crippen LogP contribution in [0, 0.1) is 0 Å². The molecule has 4 aromatic carbocycles. The van der Waals surface area contributed by atoms with Gasteiger partial charge in [-0.1, -0.05) is 115 Å². The van der Waals surface area contributed by atoms with Gasteiger partial charge in [0.05, 0.1) is 0 Å².